The number of ether oxygens (including phenoxy) is 1. The second kappa shape index (κ2) is 8.33. The molecule has 2 aromatic carbocycles. The number of nitrogens with zero attached hydrogens (tertiary/aromatic N) is 2. The number of hydrogen-bond donors (Lipinski definition) is 1. The van der Waals surface area contributed by atoms with E-state index in [4.69, 9.17) is 4.74 Å². The van der Waals surface area contributed by atoms with Gasteiger partial charge in [-0.3, -0.25) is 4.79 Å². The lowest BCUT2D eigenvalue weighted by molar-refractivity contribution is 0.102. The highest BCUT2D eigenvalue weighted by Crippen LogP contribution is 2.31. The van der Waals surface area contributed by atoms with Crippen LogP contribution in [0.5, 0.6) is 5.75 Å². The topological polar surface area (TPSA) is 64.1 Å². The van der Waals surface area contributed by atoms with E-state index in [2.05, 4.69) is 15.5 Å². The fourth-order valence-corrected chi connectivity index (χ4v) is 4.16. The lowest BCUT2D eigenvalue weighted by Crippen LogP contribution is -2.04. The molecule has 0 saturated heterocycles. The summed E-state index contributed by atoms with van der Waals surface area (Å²) in [6.45, 7) is 3.98. The highest BCUT2D eigenvalue weighted by Gasteiger charge is 2.13. The van der Waals surface area contributed by atoms with Crippen LogP contribution in [0.2, 0.25) is 0 Å². The second-order valence-corrected chi connectivity index (χ2v) is 7.93. The van der Waals surface area contributed by atoms with Gasteiger partial charge in [-0.1, -0.05) is 59.0 Å². The molecule has 0 saturated carbocycles. The third kappa shape index (κ3) is 4.42. The highest BCUT2D eigenvalue weighted by molar-refractivity contribution is 8.01. The Morgan fingerprint density at radius 2 is 2.00 bits per heavy atom. The molecule has 7 heteroatoms. The number of carbonyl (C=O) groups excluding carboxylic acids is 1. The molecular weight excluding hydrogens is 366 g/mol. The summed E-state index contributed by atoms with van der Waals surface area (Å²) < 4.78 is 6.07. The van der Waals surface area contributed by atoms with Crippen LogP contribution in [-0.2, 0) is 0 Å². The first-order valence-electron chi connectivity index (χ1n) is 8.03. The maximum Gasteiger partial charge on any atom is 0.210 e. The zero-order chi connectivity index (χ0) is 18.5. The monoisotopic (exact) mass is 385 g/mol. The van der Waals surface area contributed by atoms with E-state index in [1.165, 1.54) is 23.1 Å². The molecule has 0 radical (unpaired) electrons. The van der Waals surface area contributed by atoms with Gasteiger partial charge in [-0.05, 0) is 31.5 Å². The molecule has 1 heterocycles. The maximum absolute atomic E-state index is 12.4. The van der Waals surface area contributed by atoms with Crippen LogP contribution >= 0.6 is 23.1 Å². The number of carbonyl (C=O) groups is 1. The molecule has 0 aliphatic rings. The van der Waals surface area contributed by atoms with E-state index < -0.39 is 0 Å². The Morgan fingerprint density at radius 3 is 2.77 bits per heavy atom. The van der Waals surface area contributed by atoms with Gasteiger partial charge in [-0.2, -0.15) is 0 Å². The largest absolute Gasteiger partial charge is 0.495 e. The summed E-state index contributed by atoms with van der Waals surface area (Å²) in [4.78, 5) is 12.4. The Hall–Kier alpha value is -2.38. The first-order chi connectivity index (χ1) is 12.6. The summed E-state index contributed by atoms with van der Waals surface area (Å²) in [5, 5.41) is 12.1. The number of ketones is 1. The molecule has 26 heavy (non-hydrogen) atoms. The van der Waals surface area contributed by atoms with Crippen LogP contribution in [0.1, 0.15) is 21.5 Å². The summed E-state index contributed by atoms with van der Waals surface area (Å²) in [7, 11) is 1.63. The van der Waals surface area contributed by atoms with Crippen LogP contribution in [-0.4, -0.2) is 28.8 Å². The average molecular weight is 386 g/mol. The minimum Gasteiger partial charge on any atom is -0.495 e. The molecule has 3 rings (SSSR count). The highest BCUT2D eigenvalue weighted by atomic mass is 32.2. The van der Waals surface area contributed by atoms with Gasteiger partial charge in [0.05, 0.1) is 18.6 Å². The summed E-state index contributed by atoms with van der Waals surface area (Å²) in [6, 6.07) is 13.5. The molecule has 134 valence electrons. The summed E-state index contributed by atoms with van der Waals surface area (Å²) in [6.07, 6.45) is 0. The van der Waals surface area contributed by atoms with E-state index in [1.54, 1.807) is 7.11 Å². The number of anilines is 2. The van der Waals surface area contributed by atoms with E-state index in [0.717, 1.165) is 32.5 Å². The standard InChI is InChI=1S/C19H19N3O2S2/c1-12-8-9-14(13(2)10-12)16(23)11-25-19-22-21-18(26-19)20-15-6-4-5-7-17(15)24-3/h4-10H,11H2,1-3H3,(H,20,21). The molecule has 1 aromatic heterocycles. The minimum absolute atomic E-state index is 0.0990. The first kappa shape index (κ1) is 18.4. The average Bonchev–Trinajstić information content (AvgIpc) is 3.07. The van der Waals surface area contributed by atoms with Crippen LogP contribution in [0, 0.1) is 13.8 Å². The van der Waals surface area contributed by atoms with Crippen molar-refractivity contribution in [2.45, 2.75) is 18.2 Å². The zero-order valence-electron chi connectivity index (χ0n) is 14.8. The number of thioether (sulfide) groups is 1. The van der Waals surface area contributed by atoms with E-state index in [1.807, 2.05) is 56.3 Å². The molecule has 0 fully saturated rings. The number of nitrogens with one attached hydrogen (secondary N) is 1. The Balaban J connectivity index is 1.62. The van der Waals surface area contributed by atoms with Crippen LogP contribution in [0.15, 0.2) is 46.8 Å². The van der Waals surface area contributed by atoms with Crippen molar-refractivity contribution in [3.05, 3.63) is 59.2 Å². The first-order valence-corrected chi connectivity index (χ1v) is 9.84. The molecule has 0 atom stereocenters. The second-order valence-electron chi connectivity index (χ2n) is 5.73. The van der Waals surface area contributed by atoms with Gasteiger partial charge in [-0.15, -0.1) is 10.2 Å². The van der Waals surface area contributed by atoms with Crippen molar-refractivity contribution in [3.8, 4) is 5.75 Å². The van der Waals surface area contributed by atoms with Gasteiger partial charge in [0.2, 0.25) is 5.13 Å². The Bertz CT molecular complexity index is 925. The molecule has 0 unspecified atom stereocenters. The summed E-state index contributed by atoms with van der Waals surface area (Å²) in [5.41, 5.74) is 3.75. The van der Waals surface area contributed by atoms with Crippen molar-refractivity contribution in [2.24, 2.45) is 0 Å². The number of Topliss-reactive ketones (excluding diaryl/α,β-unsaturated/α-hetero) is 1. The van der Waals surface area contributed by atoms with Crippen molar-refractivity contribution in [1.82, 2.24) is 10.2 Å². The van der Waals surface area contributed by atoms with Crippen LogP contribution < -0.4 is 10.1 Å². The Kier molecular flexibility index (Phi) is 5.90. The lowest BCUT2D eigenvalue weighted by atomic mass is 10.0. The van der Waals surface area contributed by atoms with Crippen LogP contribution in [0.25, 0.3) is 0 Å². The fourth-order valence-electron chi connectivity index (χ4n) is 2.51. The normalized spacial score (nSPS) is 10.6. The zero-order valence-corrected chi connectivity index (χ0v) is 16.4. The van der Waals surface area contributed by atoms with E-state index in [0.29, 0.717) is 10.9 Å². The Labute approximate surface area is 160 Å². The van der Waals surface area contributed by atoms with Crippen molar-refractivity contribution >= 4 is 39.7 Å². The van der Waals surface area contributed by atoms with Gasteiger partial charge in [0.15, 0.2) is 10.1 Å². The molecule has 1 N–H and O–H groups in total. The third-order valence-corrected chi connectivity index (χ3v) is 5.74. The summed E-state index contributed by atoms with van der Waals surface area (Å²) >= 11 is 2.81. The molecule has 0 amide bonds. The van der Waals surface area contributed by atoms with Crippen molar-refractivity contribution in [1.29, 1.82) is 0 Å². The van der Waals surface area contributed by atoms with E-state index in [-0.39, 0.29) is 5.78 Å². The number of hydrogen-bond acceptors (Lipinski definition) is 7. The fraction of sp³-hybridized carbons (Fsp3) is 0.211. The summed E-state index contributed by atoms with van der Waals surface area (Å²) in [5.74, 6) is 1.18. The number of para-hydroxylation sites is 2. The molecular formula is C19H19N3O2S2. The molecule has 3 aromatic rings. The van der Waals surface area contributed by atoms with Crippen molar-refractivity contribution in [2.75, 3.05) is 18.2 Å². The molecule has 0 aliphatic carbocycles. The van der Waals surface area contributed by atoms with Gasteiger partial charge in [0, 0.05) is 5.56 Å². The quantitative estimate of drug-likeness (QED) is 0.462. The van der Waals surface area contributed by atoms with Gasteiger partial charge >= 0.3 is 0 Å². The van der Waals surface area contributed by atoms with Crippen molar-refractivity contribution in [3.63, 3.8) is 0 Å². The predicted octanol–water partition coefficient (Wildman–Crippen LogP) is 4.88. The van der Waals surface area contributed by atoms with Crippen molar-refractivity contribution < 1.29 is 9.53 Å². The number of aryl methyl sites for hydroxylation is 2. The Morgan fingerprint density at radius 1 is 1.19 bits per heavy atom. The predicted molar refractivity (Wildman–Crippen MR) is 107 cm³/mol. The molecule has 0 spiro atoms. The van der Waals surface area contributed by atoms with E-state index >= 15 is 0 Å². The van der Waals surface area contributed by atoms with Crippen LogP contribution in [0.4, 0.5) is 10.8 Å². The van der Waals surface area contributed by atoms with Gasteiger partial charge in [-0.25, -0.2) is 0 Å². The van der Waals surface area contributed by atoms with Crippen LogP contribution in [0.3, 0.4) is 0 Å². The van der Waals surface area contributed by atoms with Gasteiger partial charge < -0.3 is 10.1 Å². The molecule has 0 bridgehead atoms. The molecule has 0 aliphatic heterocycles. The smallest absolute Gasteiger partial charge is 0.210 e. The maximum atomic E-state index is 12.4. The van der Waals surface area contributed by atoms with Gasteiger partial charge in [0.25, 0.3) is 0 Å². The SMILES string of the molecule is COc1ccccc1Nc1nnc(SCC(=O)c2ccc(C)cc2C)s1. The van der Waals surface area contributed by atoms with E-state index in [9.17, 15) is 4.79 Å². The lowest BCUT2D eigenvalue weighted by Gasteiger charge is -2.07. The number of benzene rings is 2. The molecule has 5 nitrogen and oxygen atoms in total. The number of rotatable bonds is 7. The van der Waals surface area contributed by atoms with Gasteiger partial charge in [0.1, 0.15) is 5.75 Å². The third-order valence-electron chi connectivity index (χ3n) is 3.76. The minimum atomic E-state index is 0.0990. The number of aromatic nitrogens is 2. The number of methoxy groups -OCH3 is 1.